The van der Waals surface area contributed by atoms with Crippen molar-refractivity contribution in [2.24, 2.45) is 0 Å². The molecule has 1 N–H and O–H groups in total. The number of aromatic nitrogens is 3. The largest absolute Gasteiger partial charge is 0.464 e. The number of rotatable bonds is 7. The highest BCUT2D eigenvalue weighted by Crippen LogP contribution is 2.15. The molecule has 1 amide bonds. The Bertz CT molecular complexity index is 470. The number of hydrogen-bond donors (Lipinski definition) is 1. The predicted molar refractivity (Wildman–Crippen MR) is 73.4 cm³/mol. The van der Waals surface area contributed by atoms with Crippen LogP contribution in [0.25, 0.3) is 0 Å². The lowest BCUT2D eigenvalue weighted by Crippen LogP contribution is -2.32. The van der Waals surface area contributed by atoms with Crippen LogP contribution in [0, 0.1) is 0 Å². The maximum atomic E-state index is 12.0. The second-order valence-electron chi connectivity index (χ2n) is 4.54. The average Bonchev–Trinajstić information content (AvgIpc) is 2.87. The van der Waals surface area contributed by atoms with Gasteiger partial charge < -0.3 is 10.1 Å². The van der Waals surface area contributed by atoms with Crippen LogP contribution in [0.4, 0.5) is 0 Å². The molecule has 0 bridgehead atoms. The zero-order valence-electron chi connectivity index (χ0n) is 12.5. The number of hydrogen-bond acceptors (Lipinski definition) is 5. The zero-order chi connectivity index (χ0) is 15.1. The van der Waals surface area contributed by atoms with Crippen LogP contribution >= 0.6 is 0 Å². The van der Waals surface area contributed by atoms with Crippen LogP contribution < -0.4 is 5.32 Å². The first-order valence-corrected chi connectivity index (χ1v) is 6.86. The van der Waals surface area contributed by atoms with E-state index in [-0.39, 0.29) is 11.6 Å². The van der Waals surface area contributed by atoms with Crippen molar-refractivity contribution in [3.8, 4) is 0 Å². The molecule has 7 heteroatoms. The summed E-state index contributed by atoms with van der Waals surface area (Å²) in [6.07, 6.45) is 2.30. The lowest BCUT2D eigenvalue weighted by atomic mass is 10.2. The lowest BCUT2D eigenvalue weighted by molar-refractivity contribution is -0.124. The monoisotopic (exact) mass is 282 g/mol. The smallest absolute Gasteiger partial charge is 0.360 e. The molecule has 0 saturated heterocycles. The van der Waals surface area contributed by atoms with Gasteiger partial charge in [0, 0.05) is 6.54 Å². The Kier molecular flexibility index (Phi) is 6.14. The molecule has 1 aromatic rings. The Labute approximate surface area is 118 Å². The molecule has 0 radical (unpaired) electrons. The number of nitrogens with one attached hydrogen (secondary N) is 1. The second kappa shape index (κ2) is 7.62. The summed E-state index contributed by atoms with van der Waals surface area (Å²) in [6, 6.07) is -0.506. The van der Waals surface area contributed by atoms with E-state index in [2.05, 4.69) is 20.4 Å². The quantitative estimate of drug-likeness (QED) is 0.757. The summed E-state index contributed by atoms with van der Waals surface area (Å²) in [5, 5.41) is 10.6. The van der Waals surface area contributed by atoms with E-state index >= 15 is 0 Å². The molecule has 1 unspecified atom stereocenters. The molecule has 0 fully saturated rings. The lowest BCUT2D eigenvalue weighted by Gasteiger charge is -2.14. The highest BCUT2D eigenvalue weighted by molar-refractivity contribution is 5.88. The molecule has 1 aromatic heterocycles. The Hall–Kier alpha value is -1.92. The van der Waals surface area contributed by atoms with E-state index in [9.17, 15) is 9.59 Å². The number of carbonyl (C=O) groups excluding carboxylic acids is 2. The van der Waals surface area contributed by atoms with Crippen LogP contribution in [-0.4, -0.2) is 40.5 Å². The zero-order valence-corrected chi connectivity index (χ0v) is 12.5. The number of carbonyl (C=O) groups is 2. The standard InChI is InChI=1S/C13H22N4O3/c1-5-7-10-11(13(19)20-4)15-16-17(10)9(3)12(18)14-8-6-2/h9H,5-8H2,1-4H3,(H,14,18). The molecule has 20 heavy (non-hydrogen) atoms. The molecule has 7 nitrogen and oxygen atoms in total. The normalized spacial score (nSPS) is 12.0. The Morgan fingerprint density at radius 1 is 1.35 bits per heavy atom. The average molecular weight is 282 g/mol. The third-order valence-electron chi connectivity index (χ3n) is 2.95. The second-order valence-corrected chi connectivity index (χ2v) is 4.54. The molecule has 0 spiro atoms. The van der Waals surface area contributed by atoms with E-state index in [1.54, 1.807) is 6.92 Å². The van der Waals surface area contributed by atoms with E-state index in [1.807, 2.05) is 13.8 Å². The summed E-state index contributed by atoms with van der Waals surface area (Å²) in [6.45, 7) is 6.32. The maximum Gasteiger partial charge on any atom is 0.360 e. The van der Waals surface area contributed by atoms with E-state index in [0.717, 1.165) is 12.8 Å². The minimum absolute atomic E-state index is 0.134. The number of nitrogens with zero attached hydrogens (tertiary/aromatic N) is 3. The molecule has 0 saturated carbocycles. The summed E-state index contributed by atoms with van der Waals surface area (Å²) in [5.41, 5.74) is 0.822. The van der Waals surface area contributed by atoms with Gasteiger partial charge in [0.25, 0.3) is 0 Å². The Balaban J connectivity index is 3.01. The van der Waals surface area contributed by atoms with Crippen molar-refractivity contribution < 1.29 is 14.3 Å². The minimum atomic E-state index is -0.527. The number of amides is 1. The van der Waals surface area contributed by atoms with Crippen molar-refractivity contribution >= 4 is 11.9 Å². The fraction of sp³-hybridized carbons (Fsp3) is 0.692. The van der Waals surface area contributed by atoms with Gasteiger partial charge in [0.1, 0.15) is 6.04 Å². The number of ether oxygens (including phenoxy) is 1. The topological polar surface area (TPSA) is 86.1 Å². The van der Waals surface area contributed by atoms with Crippen molar-refractivity contribution in [1.82, 2.24) is 20.3 Å². The molecular formula is C13H22N4O3. The highest BCUT2D eigenvalue weighted by atomic mass is 16.5. The van der Waals surface area contributed by atoms with Crippen molar-refractivity contribution in [3.63, 3.8) is 0 Å². The molecule has 0 aromatic carbocycles. The van der Waals surface area contributed by atoms with Gasteiger partial charge in [-0.05, 0) is 19.8 Å². The fourth-order valence-corrected chi connectivity index (χ4v) is 1.86. The first-order chi connectivity index (χ1) is 9.56. The van der Waals surface area contributed by atoms with Gasteiger partial charge in [-0.3, -0.25) is 4.79 Å². The number of methoxy groups -OCH3 is 1. The van der Waals surface area contributed by atoms with Crippen LogP contribution in [0.1, 0.15) is 55.8 Å². The van der Waals surface area contributed by atoms with Gasteiger partial charge in [0.05, 0.1) is 12.8 Å². The van der Waals surface area contributed by atoms with Crippen LogP contribution in [0.5, 0.6) is 0 Å². The highest BCUT2D eigenvalue weighted by Gasteiger charge is 2.25. The summed E-state index contributed by atoms with van der Waals surface area (Å²) >= 11 is 0. The predicted octanol–water partition coefficient (Wildman–Crippen LogP) is 1.10. The van der Waals surface area contributed by atoms with Crippen LogP contribution in [-0.2, 0) is 16.0 Å². The molecule has 0 aliphatic carbocycles. The molecule has 1 rings (SSSR count). The van der Waals surface area contributed by atoms with Crippen LogP contribution in [0.2, 0.25) is 0 Å². The van der Waals surface area contributed by atoms with Crippen LogP contribution in [0.15, 0.2) is 0 Å². The Morgan fingerprint density at radius 2 is 2.05 bits per heavy atom. The van der Waals surface area contributed by atoms with Crippen molar-refractivity contribution in [2.45, 2.75) is 46.1 Å². The van der Waals surface area contributed by atoms with Gasteiger partial charge in [0.15, 0.2) is 5.69 Å². The van der Waals surface area contributed by atoms with Gasteiger partial charge in [0.2, 0.25) is 5.91 Å². The molecule has 0 aliphatic heterocycles. The van der Waals surface area contributed by atoms with Gasteiger partial charge >= 0.3 is 5.97 Å². The first kappa shape index (κ1) is 16.1. The van der Waals surface area contributed by atoms with Crippen molar-refractivity contribution in [1.29, 1.82) is 0 Å². The van der Waals surface area contributed by atoms with Gasteiger partial charge in [-0.2, -0.15) is 0 Å². The molecule has 0 aliphatic rings. The van der Waals surface area contributed by atoms with Gasteiger partial charge in [-0.25, -0.2) is 9.48 Å². The first-order valence-electron chi connectivity index (χ1n) is 6.86. The molecule has 1 heterocycles. The SMILES string of the molecule is CCCNC(=O)C(C)n1nnc(C(=O)OC)c1CCC. The maximum absolute atomic E-state index is 12.0. The van der Waals surface area contributed by atoms with E-state index < -0.39 is 12.0 Å². The fourth-order valence-electron chi connectivity index (χ4n) is 1.86. The Morgan fingerprint density at radius 3 is 2.60 bits per heavy atom. The van der Waals surface area contributed by atoms with E-state index in [0.29, 0.717) is 18.7 Å². The summed E-state index contributed by atoms with van der Waals surface area (Å²) < 4.78 is 6.19. The van der Waals surface area contributed by atoms with Crippen molar-refractivity contribution in [3.05, 3.63) is 11.4 Å². The van der Waals surface area contributed by atoms with Gasteiger partial charge in [-0.15, -0.1) is 5.10 Å². The third-order valence-corrected chi connectivity index (χ3v) is 2.95. The van der Waals surface area contributed by atoms with Crippen molar-refractivity contribution in [2.75, 3.05) is 13.7 Å². The van der Waals surface area contributed by atoms with E-state index in [1.165, 1.54) is 11.8 Å². The summed E-state index contributed by atoms with van der Waals surface area (Å²) in [7, 11) is 1.30. The number of esters is 1. The van der Waals surface area contributed by atoms with Crippen LogP contribution in [0.3, 0.4) is 0 Å². The molecule has 112 valence electrons. The summed E-state index contributed by atoms with van der Waals surface area (Å²) in [4.78, 5) is 23.6. The summed E-state index contributed by atoms with van der Waals surface area (Å²) in [5.74, 6) is -0.661. The minimum Gasteiger partial charge on any atom is -0.464 e. The van der Waals surface area contributed by atoms with Gasteiger partial charge in [-0.1, -0.05) is 25.5 Å². The molecule has 1 atom stereocenters. The molecular weight excluding hydrogens is 260 g/mol. The van der Waals surface area contributed by atoms with E-state index in [4.69, 9.17) is 0 Å². The third kappa shape index (κ3) is 3.55.